The highest BCUT2D eigenvalue weighted by Crippen LogP contribution is 2.30. The smallest absolute Gasteiger partial charge is 0.358 e. The summed E-state index contributed by atoms with van der Waals surface area (Å²) in [5.74, 6) is -1.47. The second-order valence-corrected chi connectivity index (χ2v) is 5.70. The Labute approximate surface area is 142 Å². The number of aromatic nitrogens is 5. The summed E-state index contributed by atoms with van der Waals surface area (Å²) in [5, 5.41) is 15.8. The monoisotopic (exact) mass is 340 g/mol. The Morgan fingerprint density at radius 2 is 1.96 bits per heavy atom. The zero-order chi connectivity index (χ0) is 18.1. The third-order valence-electron chi connectivity index (χ3n) is 3.66. The molecule has 9 nitrogen and oxygen atoms in total. The standard InChI is InChI=1S/C16H16N6O3/c1-8(2)22-7-9(3-4-11(22)23)12-13(10-5-18-19-6-10)21-15(17)14(20-12)16(24)25/h3-8H,1-2H3,(H2,17,21)(H,18,19)(H,24,25). The van der Waals surface area contributed by atoms with Crippen LogP contribution in [0.2, 0.25) is 0 Å². The third kappa shape index (κ3) is 2.99. The molecule has 0 fully saturated rings. The molecule has 4 N–H and O–H groups in total. The van der Waals surface area contributed by atoms with Crippen molar-refractivity contribution in [1.82, 2.24) is 24.7 Å². The number of nitrogens with two attached hydrogens (primary N) is 1. The molecule has 3 aromatic heterocycles. The molecule has 0 amide bonds. The number of hydrogen-bond acceptors (Lipinski definition) is 6. The van der Waals surface area contributed by atoms with Crippen LogP contribution in [-0.4, -0.2) is 35.8 Å². The summed E-state index contributed by atoms with van der Waals surface area (Å²) in [6.45, 7) is 3.75. The molecule has 0 aromatic carbocycles. The second-order valence-electron chi connectivity index (χ2n) is 5.70. The Morgan fingerprint density at radius 1 is 1.24 bits per heavy atom. The van der Waals surface area contributed by atoms with Gasteiger partial charge >= 0.3 is 5.97 Å². The lowest BCUT2D eigenvalue weighted by Crippen LogP contribution is -2.20. The molecule has 3 aromatic rings. The van der Waals surface area contributed by atoms with Crippen LogP contribution in [0, 0.1) is 0 Å². The lowest BCUT2D eigenvalue weighted by Gasteiger charge is -2.14. The quantitative estimate of drug-likeness (QED) is 0.654. The van der Waals surface area contributed by atoms with Gasteiger partial charge < -0.3 is 15.4 Å². The highest BCUT2D eigenvalue weighted by atomic mass is 16.4. The molecule has 0 unspecified atom stereocenters. The van der Waals surface area contributed by atoms with Crippen LogP contribution in [0.5, 0.6) is 0 Å². The lowest BCUT2D eigenvalue weighted by atomic mass is 10.1. The normalized spacial score (nSPS) is 11.0. The molecule has 0 atom stereocenters. The summed E-state index contributed by atoms with van der Waals surface area (Å²) in [6, 6.07) is 2.93. The highest BCUT2D eigenvalue weighted by molar-refractivity contribution is 5.92. The van der Waals surface area contributed by atoms with Gasteiger partial charge in [0.25, 0.3) is 5.56 Å². The molecule has 0 aliphatic carbocycles. The van der Waals surface area contributed by atoms with E-state index in [0.717, 1.165) is 0 Å². The van der Waals surface area contributed by atoms with E-state index in [0.29, 0.717) is 22.5 Å². The number of pyridine rings is 1. The van der Waals surface area contributed by atoms with E-state index in [9.17, 15) is 14.7 Å². The summed E-state index contributed by atoms with van der Waals surface area (Å²) < 4.78 is 1.53. The third-order valence-corrected chi connectivity index (χ3v) is 3.66. The molecular formula is C16H16N6O3. The zero-order valence-electron chi connectivity index (χ0n) is 13.6. The minimum Gasteiger partial charge on any atom is -0.476 e. The van der Waals surface area contributed by atoms with Crippen LogP contribution in [0.3, 0.4) is 0 Å². The number of aromatic amines is 1. The molecule has 9 heteroatoms. The topological polar surface area (TPSA) is 140 Å². The second kappa shape index (κ2) is 6.19. The minimum absolute atomic E-state index is 0.0643. The Hall–Kier alpha value is -3.49. The van der Waals surface area contributed by atoms with Crippen molar-refractivity contribution in [2.24, 2.45) is 0 Å². The number of anilines is 1. The molecular weight excluding hydrogens is 324 g/mol. The number of carboxylic acid groups (broad SMARTS) is 1. The van der Waals surface area contributed by atoms with Gasteiger partial charge in [0.1, 0.15) is 5.69 Å². The SMILES string of the molecule is CC(C)n1cc(-c2nc(C(=O)O)c(N)nc2-c2cn[nH]c2)ccc1=O. The number of rotatable bonds is 4. The predicted octanol–water partition coefficient (Wildman–Crippen LogP) is 1.56. The van der Waals surface area contributed by atoms with E-state index in [4.69, 9.17) is 5.73 Å². The van der Waals surface area contributed by atoms with E-state index in [-0.39, 0.29) is 23.1 Å². The summed E-state index contributed by atoms with van der Waals surface area (Å²) >= 11 is 0. The van der Waals surface area contributed by atoms with Crippen molar-refractivity contribution in [1.29, 1.82) is 0 Å². The van der Waals surface area contributed by atoms with Crippen molar-refractivity contribution in [2.45, 2.75) is 19.9 Å². The van der Waals surface area contributed by atoms with Gasteiger partial charge in [-0.3, -0.25) is 9.89 Å². The number of nitrogens with one attached hydrogen (secondary N) is 1. The highest BCUT2D eigenvalue weighted by Gasteiger charge is 2.20. The summed E-state index contributed by atoms with van der Waals surface area (Å²) in [4.78, 5) is 31.7. The summed E-state index contributed by atoms with van der Waals surface area (Å²) in [7, 11) is 0. The van der Waals surface area contributed by atoms with Crippen molar-refractivity contribution in [3.63, 3.8) is 0 Å². The van der Waals surface area contributed by atoms with Crippen LogP contribution in [0.15, 0.2) is 35.5 Å². The van der Waals surface area contributed by atoms with Gasteiger partial charge in [0.05, 0.1) is 11.9 Å². The molecule has 0 saturated carbocycles. The lowest BCUT2D eigenvalue weighted by molar-refractivity contribution is 0.0691. The van der Waals surface area contributed by atoms with Crippen molar-refractivity contribution in [3.8, 4) is 22.5 Å². The fourth-order valence-corrected chi connectivity index (χ4v) is 2.44. The van der Waals surface area contributed by atoms with Crippen molar-refractivity contribution in [2.75, 3.05) is 5.73 Å². The van der Waals surface area contributed by atoms with Gasteiger partial charge in [-0.05, 0) is 19.9 Å². The van der Waals surface area contributed by atoms with Gasteiger partial charge in [0, 0.05) is 35.6 Å². The summed E-state index contributed by atoms with van der Waals surface area (Å²) in [5.41, 5.74) is 7.08. The van der Waals surface area contributed by atoms with Gasteiger partial charge in [-0.1, -0.05) is 0 Å². The Morgan fingerprint density at radius 3 is 2.56 bits per heavy atom. The largest absolute Gasteiger partial charge is 0.476 e. The molecule has 3 heterocycles. The van der Waals surface area contributed by atoms with Gasteiger partial charge in [-0.15, -0.1) is 0 Å². The first-order valence-corrected chi connectivity index (χ1v) is 7.51. The molecule has 128 valence electrons. The Balaban J connectivity index is 2.30. The minimum atomic E-state index is -1.28. The van der Waals surface area contributed by atoms with E-state index in [2.05, 4.69) is 20.2 Å². The fraction of sp³-hybridized carbons (Fsp3) is 0.188. The number of H-pyrrole nitrogens is 1. The van der Waals surface area contributed by atoms with Crippen LogP contribution in [0.1, 0.15) is 30.4 Å². The molecule has 3 rings (SSSR count). The van der Waals surface area contributed by atoms with Gasteiger partial charge in [0.2, 0.25) is 0 Å². The van der Waals surface area contributed by atoms with Crippen LogP contribution in [-0.2, 0) is 0 Å². The van der Waals surface area contributed by atoms with E-state index in [1.807, 2.05) is 13.8 Å². The number of nitrogens with zero attached hydrogens (tertiary/aromatic N) is 4. The molecule has 25 heavy (non-hydrogen) atoms. The Bertz CT molecular complexity index is 992. The van der Waals surface area contributed by atoms with Gasteiger partial charge in [-0.2, -0.15) is 5.10 Å². The maximum Gasteiger partial charge on any atom is 0.358 e. The predicted molar refractivity (Wildman–Crippen MR) is 91.1 cm³/mol. The number of aromatic carboxylic acids is 1. The van der Waals surface area contributed by atoms with Crippen LogP contribution in [0.4, 0.5) is 5.82 Å². The average molecular weight is 340 g/mol. The van der Waals surface area contributed by atoms with E-state index < -0.39 is 5.97 Å². The number of carbonyl (C=O) groups is 1. The van der Waals surface area contributed by atoms with E-state index in [1.165, 1.54) is 16.8 Å². The van der Waals surface area contributed by atoms with Crippen molar-refractivity contribution >= 4 is 11.8 Å². The maximum atomic E-state index is 12.0. The van der Waals surface area contributed by atoms with E-state index >= 15 is 0 Å². The van der Waals surface area contributed by atoms with Crippen molar-refractivity contribution in [3.05, 3.63) is 46.8 Å². The average Bonchev–Trinajstić information content (AvgIpc) is 3.09. The number of hydrogen-bond donors (Lipinski definition) is 3. The molecule has 0 radical (unpaired) electrons. The maximum absolute atomic E-state index is 12.0. The summed E-state index contributed by atoms with van der Waals surface area (Å²) in [6.07, 6.45) is 4.76. The first kappa shape index (κ1) is 16.4. The van der Waals surface area contributed by atoms with E-state index in [1.54, 1.807) is 18.5 Å². The van der Waals surface area contributed by atoms with Gasteiger partial charge in [-0.25, -0.2) is 14.8 Å². The molecule has 0 bridgehead atoms. The molecule has 0 aliphatic heterocycles. The first-order chi connectivity index (χ1) is 11.9. The van der Waals surface area contributed by atoms with Crippen LogP contribution >= 0.6 is 0 Å². The fourth-order valence-electron chi connectivity index (χ4n) is 2.44. The van der Waals surface area contributed by atoms with Gasteiger partial charge in [0.15, 0.2) is 11.5 Å². The number of nitrogen functional groups attached to an aromatic ring is 1. The van der Waals surface area contributed by atoms with Crippen LogP contribution in [0.25, 0.3) is 22.5 Å². The molecule has 0 aliphatic rings. The zero-order valence-corrected chi connectivity index (χ0v) is 13.6. The molecule has 0 saturated heterocycles. The van der Waals surface area contributed by atoms with Crippen molar-refractivity contribution < 1.29 is 9.90 Å². The Kier molecular flexibility index (Phi) is 4.05. The van der Waals surface area contributed by atoms with Crippen LogP contribution < -0.4 is 11.3 Å². The number of carboxylic acids is 1. The molecule has 0 spiro atoms. The first-order valence-electron chi connectivity index (χ1n) is 7.51.